The molecule has 3 heterocycles. The molecule has 37 heavy (non-hydrogen) atoms. The second-order valence-corrected chi connectivity index (χ2v) is 11.1. The molecule has 0 bridgehead atoms. The first-order valence-electron chi connectivity index (χ1n) is 11.1. The number of aromatic nitrogens is 4. The van der Waals surface area contributed by atoms with E-state index in [0.29, 0.717) is 23.8 Å². The van der Waals surface area contributed by atoms with E-state index in [2.05, 4.69) is 25.9 Å². The number of halogens is 3. The van der Waals surface area contributed by atoms with Crippen molar-refractivity contribution in [3.05, 3.63) is 11.3 Å². The topological polar surface area (TPSA) is 161 Å². The third-order valence-corrected chi connectivity index (χ3v) is 8.83. The summed E-state index contributed by atoms with van der Waals surface area (Å²) in [6.45, 7) is 4.75. The maximum Gasteiger partial charge on any atom is 0.442 e. The highest BCUT2D eigenvalue weighted by Gasteiger charge is 2.55. The van der Waals surface area contributed by atoms with Gasteiger partial charge in [-0.2, -0.15) is 13.2 Å². The molecule has 3 amide bonds. The van der Waals surface area contributed by atoms with Crippen LogP contribution < -0.4 is 5.32 Å². The molecule has 204 valence electrons. The molecule has 3 N–H and O–H groups in total. The van der Waals surface area contributed by atoms with E-state index >= 15 is 0 Å². The number of hydrogen-bond acceptors (Lipinski definition) is 10. The first-order chi connectivity index (χ1) is 17.5. The Morgan fingerprint density at radius 3 is 2.59 bits per heavy atom. The second-order valence-electron chi connectivity index (χ2n) is 7.79. The predicted octanol–water partition coefficient (Wildman–Crippen LogP) is 1.30. The Labute approximate surface area is 221 Å². The third kappa shape index (κ3) is 7.10. The molecular formula is C19H24F3N7O5S3. The van der Waals surface area contributed by atoms with Gasteiger partial charge >= 0.3 is 11.5 Å². The summed E-state index contributed by atoms with van der Waals surface area (Å²) in [5.74, 6) is -3.96. The van der Waals surface area contributed by atoms with E-state index in [-0.39, 0.29) is 30.2 Å². The van der Waals surface area contributed by atoms with Crippen LogP contribution in [0.5, 0.6) is 0 Å². The summed E-state index contributed by atoms with van der Waals surface area (Å²) in [6.07, 6.45) is 0.365. The highest BCUT2D eigenvalue weighted by atomic mass is 32.2. The summed E-state index contributed by atoms with van der Waals surface area (Å²) in [7, 11) is 0. The number of H-pyrrole nitrogens is 1. The van der Waals surface area contributed by atoms with E-state index < -0.39 is 57.5 Å². The van der Waals surface area contributed by atoms with Crippen LogP contribution in [0.1, 0.15) is 26.7 Å². The summed E-state index contributed by atoms with van der Waals surface area (Å²) in [6, 6.07) is -1.14. The largest absolute Gasteiger partial charge is 0.477 e. The number of aliphatic carboxylic acids is 1. The fourth-order valence-corrected chi connectivity index (χ4v) is 6.81. The van der Waals surface area contributed by atoms with Gasteiger partial charge in [0.1, 0.15) is 17.1 Å². The number of thioether (sulfide) groups is 3. The first-order valence-corrected chi connectivity index (χ1v) is 14.0. The fourth-order valence-electron chi connectivity index (χ4n) is 3.88. The van der Waals surface area contributed by atoms with Crippen LogP contribution in [0.25, 0.3) is 0 Å². The van der Waals surface area contributed by atoms with E-state index in [0.717, 1.165) is 16.7 Å². The van der Waals surface area contributed by atoms with Gasteiger partial charge in [-0.1, -0.05) is 11.8 Å². The number of nitrogens with zero attached hydrogens (tertiary/aromatic N) is 5. The smallest absolute Gasteiger partial charge is 0.442 e. The standard InChI is InChI=1S/C19H24F3N7O5S3/c1-3-28(4-2)12(31)6-5-10(37-18-24-26-27-25-18)9-7-35-16-13(15(32)29(16)14(9)17(33)34)23-11(30)8-36-19(20,21)22/h10,13,16H,3-8H2,1-2H3,(H,23,30)(H,33,34)(H,24,25,26,27)/t10?,13?,16-/m0/s1. The zero-order chi connectivity index (χ0) is 27.3. The van der Waals surface area contributed by atoms with Crippen molar-refractivity contribution in [2.45, 2.75) is 54.0 Å². The lowest BCUT2D eigenvalue weighted by atomic mass is 9.99. The number of carbonyl (C=O) groups excluding carboxylic acids is 3. The summed E-state index contributed by atoms with van der Waals surface area (Å²) in [5, 5.41) is 24.6. The number of hydrogen-bond donors (Lipinski definition) is 3. The van der Waals surface area contributed by atoms with Crippen molar-refractivity contribution in [2.24, 2.45) is 0 Å². The van der Waals surface area contributed by atoms with Gasteiger partial charge in [-0.25, -0.2) is 9.89 Å². The van der Waals surface area contributed by atoms with Crippen LogP contribution in [0, 0.1) is 0 Å². The molecule has 1 aromatic heterocycles. The van der Waals surface area contributed by atoms with Gasteiger partial charge in [-0.15, -0.1) is 16.9 Å². The molecule has 2 unspecified atom stereocenters. The van der Waals surface area contributed by atoms with E-state index in [1.807, 2.05) is 13.8 Å². The van der Waals surface area contributed by atoms with Crippen molar-refractivity contribution in [1.82, 2.24) is 35.7 Å². The minimum Gasteiger partial charge on any atom is -0.477 e. The molecule has 3 atom stereocenters. The van der Waals surface area contributed by atoms with E-state index in [1.54, 1.807) is 4.90 Å². The Morgan fingerprint density at radius 2 is 2.03 bits per heavy atom. The number of nitrogens with one attached hydrogen (secondary N) is 2. The number of alkyl halides is 3. The van der Waals surface area contributed by atoms with Gasteiger partial charge in [-0.05, 0) is 48.0 Å². The summed E-state index contributed by atoms with van der Waals surface area (Å²) in [4.78, 5) is 52.3. The maximum absolute atomic E-state index is 12.8. The molecule has 0 saturated carbocycles. The van der Waals surface area contributed by atoms with Crippen LogP contribution in [0.15, 0.2) is 16.4 Å². The molecule has 2 aliphatic heterocycles. The molecule has 18 heteroatoms. The van der Waals surface area contributed by atoms with Crippen molar-refractivity contribution < 1.29 is 37.5 Å². The number of carboxylic acids is 1. The van der Waals surface area contributed by atoms with Crippen LogP contribution >= 0.6 is 35.3 Å². The van der Waals surface area contributed by atoms with Gasteiger partial charge in [0.15, 0.2) is 0 Å². The maximum atomic E-state index is 12.8. The molecule has 3 rings (SSSR count). The Hall–Kier alpha value is -2.47. The fraction of sp³-hybridized carbons (Fsp3) is 0.632. The Kier molecular flexibility index (Phi) is 9.74. The number of carbonyl (C=O) groups is 4. The number of fused-ring (bicyclic) bond motifs is 1. The first kappa shape index (κ1) is 29.1. The normalized spacial score (nSPS) is 20.2. The van der Waals surface area contributed by atoms with E-state index in [4.69, 9.17) is 0 Å². The molecular weight excluding hydrogens is 559 g/mol. The molecule has 0 radical (unpaired) electrons. The predicted molar refractivity (Wildman–Crippen MR) is 129 cm³/mol. The quantitative estimate of drug-likeness (QED) is 0.240. The summed E-state index contributed by atoms with van der Waals surface area (Å²) >= 11 is 1.78. The van der Waals surface area contributed by atoms with Crippen LogP contribution in [0.2, 0.25) is 0 Å². The highest BCUT2D eigenvalue weighted by Crippen LogP contribution is 2.44. The third-order valence-electron chi connectivity index (χ3n) is 5.59. The zero-order valence-electron chi connectivity index (χ0n) is 19.6. The van der Waals surface area contributed by atoms with Crippen LogP contribution in [0.4, 0.5) is 13.2 Å². The number of tetrazole rings is 1. The molecule has 0 aromatic carbocycles. The minimum absolute atomic E-state index is 0.107. The van der Waals surface area contributed by atoms with Crippen molar-refractivity contribution in [2.75, 3.05) is 24.6 Å². The van der Waals surface area contributed by atoms with Crippen molar-refractivity contribution >= 4 is 59.0 Å². The Balaban J connectivity index is 1.80. The Bertz CT molecular complexity index is 1050. The van der Waals surface area contributed by atoms with E-state index in [1.165, 1.54) is 11.8 Å². The van der Waals surface area contributed by atoms with Crippen molar-refractivity contribution in [3.63, 3.8) is 0 Å². The highest BCUT2D eigenvalue weighted by molar-refractivity contribution is 8.01. The number of rotatable bonds is 12. The van der Waals surface area contributed by atoms with Gasteiger partial charge in [0.05, 0.1) is 5.75 Å². The van der Waals surface area contributed by atoms with E-state index in [9.17, 15) is 37.5 Å². The number of carboxylic acid groups (broad SMARTS) is 1. The average Bonchev–Trinajstić information content (AvgIpc) is 3.36. The molecule has 1 fully saturated rings. The van der Waals surface area contributed by atoms with Gasteiger partial charge in [0.25, 0.3) is 5.91 Å². The second kappa shape index (κ2) is 12.4. The van der Waals surface area contributed by atoms with Crippen LogP contribution in [-0.4, -0.2) is 106 Å². The molecule has 0 aliphatic carbocycles. The number of amides is 3. The van der Waals surface area contributed by atoms with Gasteiger partial charge < -0.3 is 15.3 Å². The Morgan fingerprint density at radius 1 is 1.32 bits per heavy atom. The zero-order valence-corrected chi connectivity index (χ0v) is 22.1. The van der Waals surface area contributed by atoms with Crippen molar-refractivity contribution in [3.8, 4) is 0 Å². The van der Waals surface area contributed by atoms with Gasteiger partial charge in [-0.3, -0.25) is 19.3 Å². The van der Waals surface area contributed by atoms with Crippen LogP contribution in [0.3, 0.4) is 0 Å². The lowest BCUT2D eigenvalue weighted by Gasteiger charge is -2.50. The molecule has 0 spiro atoms. The van der Waals surface area contributed by atoms with Crippen LogP contribution in [-0.2, 0) is 19.2 Å². The monoisotopic (exact) mass is 583 g/mol. The summed E-state index contributed by atoms with van der Waals surface area (Å²) in [5.41, 5.74) is -4.49. The summed E-state index contributed by atoms with van der Waals surface area (Å²) < 4.78 is 37.1. The number of β-lactam (4-membered cyclic amide) rings is 1. The molecule has 1 aromatic rings. The molecule has 12 nitrogen and oxygen atoms in total. The molecule has 2 aliphatic rings. The van der Waals surface area contributed by atoms with Gasteiger partial charge in [0, 0.05) is 30.5 Å². The lowest BCUT2D eigenvalue weighted by Crippen LogP contribution is -2.71. The van der Waals surface area contributed by atoms with Crippen molar-refractivity contribution in [1.29, 1.82) is 0 Å². The SMILES string of the molecule is CCN(CC)C(=O)CCC(Sc1nnn[nH]1)C1=C(C(=O)O)N2C(=O)C(NC(=O)CSC(F)(F)F)[C@@H]2SC1. The van der Waals surface area contributed by atoms with Gasteiger partial charge in [0.2, 0.25) is 17.0 Å². The number of aromatic amines is 1. The lowest BCUT2D eigenvalue weighted by molar-refractivity contribution is -0.150. The average molecular weight is 584 g/mol. The minimum atomic E-state index is -4.60. The molecule has 1 saturated heterocycles.